The minimum absolute atomic E-state index is 0.242. The van der Waals surface area contributed by atoms with Crippen LogP contribution in [0.1, 0.15) is 21.6 Å². The second-order valence-corrected chi connectivity index (χ2v) is 6.12. The zero-order valence-corrected chi connectivity index (χ0v) is 16.0. The Bertz CT molecular complexity index is 958. The van der Waals surface area contributed by atoms with Crippen molar-refractivity contribution in [2.75, 3.05) is 24.9 Å². The molecule has 0 unspecified atom stereocenters. The quantitative estimate of drug-likeness (QED) is 0.653. The molecular weight excluding hydrogens is 356 g/mol. The lowest BCUT2D eigenvalue weighted by atomic mass is 10.1. The molecule has 2 N–H and O–H groups in total. The minimum atomic E-state index is -0.368. The maximum absolute atomic E-state index is 12.6. The van der Waals surface area contributed by atoms with E-state index in [1.807, 2.05) is 31.2 Å². The Morgan fingerprint density at radius 2 is 1.82 bits per heavy atom. The molecule has 28 heavy (non-hydrogen) atoms. The van der Waals surface area contributed by atoms with Gasteiger partial charge in [0, 0.05) is 18.8 Å². The minimum Gasteiger partial charge on any atom is -0.497 e. The second-order valence-electron chi connectivity index (χ2n) is 6.12. The molecule has 1 heterocycles. The molecule has 0 saturated heterocycles. The van der Waals surface area contributed by atoms with E-state index >= 15 is 0 Å². The number of carbonyl (C=O) groups is 1. The third kappa shape index (κ3) is 4.76. The fraction of sp³-hybridized carbons (Fsp3) is 0.190. The largest absolute Gasteiger partial charge is 0.497 e. The number of ether oxygens (including phenoxy) is 2. The highest BCUT2D eigenvalue weighted by molar-refractivity contribution is 6.03. The Morgan fingerprint density at radius 3 is 2.54 bits per heavy atom. The first kappa shape index (κ1) is 19.2. The summed E-state index contributed by atoms with van der Waals surface area (Å²) in [4.78, 5) is 21.1. The number of anilines is 2. The molecule has 144 valence electrons. The van der Waals surface area contributed by atoms with Crippen molar-refractivity contribution in [3.05, 3.63) is 71.5 Å². The summed E-state index contributed by atoms with van der Waals surface area (Å²) in [6, 6.07) is 14.9. The van der Waals surface area contributed by atoms with E-state index < -0.39 is 0 Å². The average molecular weight is 378 g/mol. The first-order valence-corrected chi connectivity index (χ1v) is 8.75. The molecule has 0 atom stereocenters. The van der Waals surface area contributed by atoms with Crippen LogP contribution in [0.5, 0.6) is 11.5 Å². The molecule has 0 fully saturated rings. The van der Waals surface area contributed by atoms with Crippen molar-refractivity contribution in [3.63, 3.8) is 0 Å². The lowest BCUT2D eigenvalue weighted by molar-refractivity contribution is 0.102. The Labute approximate surface area is 163 Å². The standard InChI is InChI=1S/C21H22N4O3/c1-14-4-6-15(7-5-14)13-23-21-22-11-10-17(25-21)20(26)24-18-12-16(27-2)8-9-19(18)28-3/h4-12H,13H2,1-3H3,(H,24,26)(H,22,23,25). The van der Waals surface area contributed by atoms with E-state index in [0.717, 1.165) is 5.56 Å². The molecule has 2 aromatic carbocycles. The molecule has 0 aliphatic rings. The number of amides is 1. The van der Waals surface area contributed by atoms with Crippen molar-refractivity contribution in [3.8, 4) is 11.5 Å². The first-order chi connectivity index (χ1) is 13.6. The number of nitrogens with zero attached hydrogens (tertiary/aromatic N) is 2. The summed E-state index contributed by atoms with van der Waals surface area (Å²) in [5.41, 5.74) is 3.04. The van der Waals surface area contributed by atoms with Gasteiger partial charge < -0.3 is 20.1 Å². The van der Waals surface area contributed by atoms with Crippen LogP contribution in [0.15, 0.2) is 54.7 Å². The number of carbonyl (C=O) groups excluding carboxylic acids is 1. The van der Waals surface area contributed by atoms with Crippen LogP contribution >= 0.6 is 0 Å². The summed E-state index contributed by atoms with van der Waals surface area (Å²) in [5.74, 6) is 1.15. The summed E-state index contributed by atoms with van der Waals surface area (Å²) in [5, 5.41) is 5.93. The van der Waals surface area contributed by atoms with Gasteiger partial charge in [-0.3, -0.25) is 4.79 Å². The maximum Gasteiger partial charge on any atom is 0.274 e. The monoisotopic (exact) mass is 378 g/mol. The van der Waals surface area contributed by atoms with Crippen molar-refractivity contribution < 1.29 is 14.3 Å². The van der Waals surface area contributed by atoms with E-state index in [4.69, 9.17) is 9.47 Å². The van der Waals surface area contributed by atoms with Crippen molar-refractivity contribution in [1.82, 2.24) is 9.97 Å². The Balaban J connectivity index is 1.71. The molecule has 1 aromatic heterocycles. The van der Waals surface area contributed by atoms with Crippen molar-refractivity contribution in [1.29, 1.82) is 0 Å². The van der Waals surface area contributed by atoms with Gasteiger partial charge in [-0.25, -0.2) is 9.97 Å². The fourth-order valence-corrected chi connectivity index (χ4v) is 2.56. The van der Waals surface area contributed by atoms with E-state index in [-0.39, 0.29) is 11.6 Å². The van der Waals surface area contributed by atoms with Crippen LogP contribution in [-0.2, 0) is 6.54 Å². The van der Waals surface area contributed by atoms with Gasteiger partial charge in [-0.05, 0) is 30.7 Å². The molecule has 7 nitrogen and oxygen atoms in total. The SMILES string of the molecule is COc1ccc(OC)c(NC(=O)c2ccnc(NCc3ccc(C)cc3)n2)c1. The molecule has 3 aromatic rings. The van der Waals surface area contributed by atoms with Crippen molar-refractivity contribution in [2.45, 2.75) is 13.5 Å². The fourth-order valence-electron chi connectivity index (χ4n) is 2.56. The number of rotatable bonds is 7. The number of benzene rings is 2. The van der Waals surface area contributed by atoms with E-state index in [0.29, 0.717) is 29.7 Å². The summed E-state index contributed by atoms with van der Waals surface area (Å²) < 4.78 is 10.5. The summed E-state index contributed by atoms with van der Waals surface area (Å²) >= 11 is 0. The van der Waals surface area contributed by atoms with Crippen LogP contribution in [0.4, 0.5) is 11.6 Å². The van der Waals surface area contributed by atoms with Crippen LogP contribution in [0.2, 0.25) is 0 Å². The van der Waals surface area contributed by atoms with E-state index in [2.05, 4.69) is 20.6 Å². The first-order valence-electron chi connectivity index (χ1n) is 8.75. The lowest BCUT2D eigenvalue weighted by Gasteiger charge is -2.12. The van der Waals surface area contributed by atoms with Crippen LogP contribution in [0, 0.1) is 6.92 Å². The number of nitrogens with one attached hydrogen (secondary N) is 2. The number of methoxy groups -OCH3 is 2. The van der Waals surface area contributed by atoms with E-state index in [1.165, 1.54) is 12.7 Å². The highest BCUT2D eigenvalue weighted by atomic mass is 16.5. The zero-order valence-electron chi connectivity index (χ0n) is 16.0. The van der Waals surface area contributed by atoms with Crippen LogP contribution in [0.25, 0.3) is 0 Å². The van der Waals surface area contributed by atoms with Gasteiger partial charge in [-0.15, -0.1) is 0 Å². The summed E-state index contributed by atoms with van der Waals surface area (Å²) in [7, 11) is 3.10. The molecule has 0 saturated carbocycles. The number of hydrogen-bond donors (Lipinski definition) is 2. The lowest BCUT2D eigenvalue weighted by Crippen LogP contribution is -2.16. The van der Waals surface area contributed by atoms with Crippen LogP contribution < -0.4 is 20.1 Å². The van der Waals surface area contributed by atoms with Gasteiger partial charge in [0.15, 0.2) is 0 Å². The normalized spacial score (nSPS) is 10.2. The van der Waals surface area contributed by atoms with Gasteiger partial charge in [0.05, 0.1) is 19.9 Å². The van der Waals surface area contributed by atoms with Crippen LogP contribution in [0.3, 0.4) is 0 Å². The highest BCUT2D eigenvalue weighted by Gasteiger charge is 2.13. The zero-order chi connectivity index (χ0) is 19.9. The van der Waals surface area contributed by atoms with Crippen molar-refractivity contribution in [2.24, 2.45) is 0 Å². The number of hydrogen-bond acceptors (Lipinski definition) is 6. The predicted molar refractivity (Wildman–Crippen MR) is 108 cm³/mol. The van der Waals surface area contributed by atoms with Gasteiger partial charge >= 0.3 is 0 Å². The Hall–Kier alpha value is -3.61. The van der Waals surface area contributed by atoms with Gasteiger partial charge in [-0.2, -0.15) is 0 Å². The molecular formula is C21H22N4O3. The summed E-state index contributed by atoms with van der Waals surface area (Å²) in [6.45, 7) is 2.61. The topological polar surface area (TPSA) is 85.4 Å². The molecule has 0 aliphatic heterocycles. The second kappa shape index (κ2) is 8.85. The smallest absolute Gasteiger partial charge is 0.274 e. The number of aromatic nitrogens is 2. The number of aryl methyl sites for hydroxylation is 1. The van der Waals surface area contributed by atoms with E-state index in [9.17, 15) is 4.79 Å². The average Bonchev–Trinajstić information content (AvgIpc) is 2.73. The molecule has 3 rings (SSSR count). The van der Waals surface area contributed by atoms with Crippen LogP contribution in [-0.4, -0.2) is 30.1 Å². The molecule has 0 spiro atoms. The van der Waals surface area contributed by atoms with E-state index in [1.54, 1.807) is 37.6 Å². The molecule has 0 aliphatic carbocycles. The van der Waals surface area contributed by atoms with Crippen molar-refractivity contribution >= 4 is 17.5 Å². The van der Waals surface area contributed by atoms with Gasteiger partial charge in [0.2, 0.25) is 5.95 Å². The molecule has 7 heteroatoms. The molecule has 0 bridgehead atoms. The van der Waals surface area contributed by atoms with Gasteiger partial charge in [-0.1, -0.05) is 29.8 Å². The molecule has 0 radical (unpaired) electrons. The Kier molecular flexibility index (Phi) is 6.06. The maximum atomic E-state index is 12.6. The predicted octanol–water partition coefficient (Wildman–Crippen LogP) is 3.67. The third-order valence-electron chi connectivity index (χ3n) is 4.11. The molecule has 1 amide bonds. The van der Waals surface area contributed by atoms with Gasteiger partial charge in [0.25, 0.3) is 5.91 Å². The summed E-state index contributed by atoms with van der Waals surface area (Å²) in [6.07, 6.45) is 1.54. The Morgan fingerprint density at radius 1 is 1.04 bits per heavy atom. The van der Waals surface area contributed by atoms with Gasteiger partial charge in [0.1, 0.15) is 17.2 Å². The third-order valence-corrected chi connectivity index (χ3v) is 4.11. The highest BCUT2D eigenvalue weighted by Crippen LogP contribution is 2.29.